The van der Waals surface area contributed by atoms with Crippen molar-refractivity contribution >= 4 is 5.91 Å². The summed E-state index contributed by atoms with van der Waals surface area (Å²) in [5, 5.41) is 4.06. The van der Waals surface area contributed by atoms with Crippen LogP contribution in [0.5, 0.6) is 0 Å². The van der Waals surface area contributed by atoms with E-state index in [4.69, 9.17) is 10.5 Å². The van der Waals surface area contributed by atoms with Gasteiger partial charge in [0.25, 0.3) is 5.91 Å². The highest BCUT2D eigenvalue weighted by atomic mass is 16.5. The van der Waals surface area contributed by atoms with Crippen molar-refractivity contribution in [1.29, 1.82) is 0 Å². The zero-order chi connectivity index (χ0) is 10.7. The second-order valence-corrected chi connectivity index (χ2v) is 3.05. The Bertz CT molecular complexity index is 344. The third-order valence-corrected chi connectivity index (χ3v) is 2.13. The number of methoxy groups -OCH3 is 1. The summed E-state index contributed by atoms with van der Waals surface area (Å²) >= 11 is 0. The van der Waals surface area contributed by atoms with E-state index >= 15 is 0 Å². The topological polar surface area (TPSA) is 70.1 Å². The van der Waals surface area contributed by atoms with Gasteiger partial charge in [0.15, 0.2) is 5.69 Å². The van der Waals surface area contributed by atoms with Gasteiger partial charge in [-0.05, 0) is 6.42 Å². The number of carbonyl (C=O) groups is 1. The minimum Gasteiger partial charge on any atom is -0.380 e. The lowest BCUT2D eigenvalue weighted by molar-refractivity contribution is 0.0990. The average molecular weight is 197 g/mol. The van der Waals surface area contributed by atoms with Crippen molar-refractivity contribution in [2.75, 3.05) is 7.11 Å². The summed E-state index contributed by atoms with van der Waals surface area (Å²) in [6.45, 7) is 2.37. The van der Waals surface area contributed by atoms with Crippen LogP contribution in [0.25, 0.3) is 0 Å². The Balaban J connectivity index is 3.22. The maximum absolute atomic E-state index is 11.1. The molecule has 2 N–H and O–H groups in total. The van der Waals surface area contributed by atoms with Crippen LogP contribution >= 0.6 is 0 Å². The molecule has 1 amide bonds. The molecule has 78 valence electrons. The van der Waals surface area contributed by atoms with Gasteiger partial charge in [-0.1, -0.05) is 6.92 Å². The molecule has 0 aliphatic heterocycles. The van der Waals surface area contributed by atoms with Crippen molar-refractivity contribution < 1.29 is 9.53 Å². The molecule has 1 heterocycles. The molecule has 0 aliphatic rings. The summed E-state index contributed by atoms with van der Waals surface area (Å²) in [5.74, 6) is -0.507. The third kappa shape index (κ3) is 1.77. The first-order valence-electron chi connectivity index (χ1n) is 4.45. The average Bonchev–Trinajstić information content (AvgIpc) is 2.43. The van der Waals surface area contributed by atoms with E-state index in [1.54, 1.807) is 18.8 Å². The lowest BCUT2D eigenvalue weighted by atomic mass is 10.1. The summed E-state index contributed by atoms with van der Waals surface area (Å²) in [5.41, 5.74) is 7.31. The summed E-state index contributed by atoms with van der Waals surface area (Å²) in [7, 11) is 3.38. The van der Waals surface area contributed by atoms with Gasteiger partial charge in [-0.2, -0.15) is 5.10 Å². The highest BCUT2D eigenvalue weighted by molar-refractivity contribution is 5.92. The van der Waals surface area contributed by atoms with Crippen molar-refractivity contribution in [3.8, 4) is 0 Å². The Morgan fingerprint density at radius 1 is 1.64 bits per heavy atom. The number of nitrogens with two attached hydrogens (primary N) is 1. The van der Waals surface area contributed by atoms with Crippen molar-refractivity contribution in [2.45, 2.75) is 20.0 Å². The van der Waals surface area contributed by atoms with Gasteiger partial charge in [0.05, 0.1) is 6.61 Å². The van der Waals surface area contributed by atoms with Crippen LogP contribution in [0.2, 0.25) is 0 Å². The monoisotopic (exact) mass is 197 g/mol. The summed E-state index contributed by atoms with van der Waals surface area (Å²) < 4.78 is 6.69. The summed E-state index contributed by atoms with van der Waals surface area (Å²) in [6.07, 6.45) is 0.801. The molecule has 14 heavy (non-hydrogen) atoms. The van der Waals surface area contributed by atoms with Crippen molar-refractivity contribution in [2.24, 2.45) is 12.8 Å². The van der Waals surface area contributed by atoms with Gasteiger partial charge in [0.1, 0.15) is 0 Å². The first-order valence-corrected chi connectivity index (χ1v) is 4.45. The molecule has 0 bridgehead atoms. The molecule has 1 aromatic heterocycles. The normalized spacial score (nSPS) is 10.5. The summed E-state index contributed by atoms with van der Waals surface area (Å²) in [6, 6.07) is 0. The molecule has 0 spiro atoms. The SMILES string of the molecule is CCc1c(COC)c(C(N)=O)nn1C. The Morgan fingerprint density at radius 3 is 2.71 bits per heavy atom. The molecule has 0 atom stereocenters. The van der Waals surface area contributed by atoms with Crippen LogP contribution in [0, 0.1) is 0 Å². The molecular weight excluding hydrogens is 182 g/mol. The molecule has 0 unspecified atom stereocenters. The van der Waals surface area contributed by atoms with Gasteiger partial charge in [-0.25, -0.2) is 0 Å². The van der Waals surface area contributed by atoms with Crippen LogP contribution in [0.4, 0.5) is 0 Å². The van der Waals surface area contributed by atoms with E-state index in [1.165, 1.54) is 0 Å². The van der Waals surface area contributed by atoms with E-state index in [0.29, 0.717) is 12.3 Å². The standard InChI is InChI=1S/C9H15N3O2/c1-4-7-6(5-14-3)8(9(10)13)11-12(7)2/h4-5H2,1-3H3,(H2,10,13). The predicted molar refractivity (Wildman–Crippen MR) is 51.8 cm³/mol. The van der Waals surface area contributed by atoms with Crippen molar-refractivity contribution in [3.63, 3.8) is 0 Å². The van der Waals surface area contributed by atoms with Gasteiger partial charge in [-0.3, -0.25) is 9.48 Å². The van der Waals surface area contributed by atoms with Crippen molar-refractivity contribution in [3.05, 3.63) is 17.0 Å². The lowest BCUT2D eigenvalue weighted by Crippen LogP contribution is -2.14. The Morgan fingerprint density at radius 2 is 2.29 bits per heavy atom. The highest BCUT2D eigenvalue weighted by Crippen LogP contribution is 2.15. The molecule has 1 aromatic rings. The molecule has 0 saturated carbocycles. The number of rotatable bonds is 4. The number of aromatic nitrogens is 2. The number of hydrogen-bond donors (Lipinski definition) is 1. The number of ether oxygens (including phenoxy) is 1. The number of primary amides is 1. The zero-order valence-electron chi connectivity index (χ0n) is 8.70. The van der Waals surface area contributed by atoms with Crippen LogP contribution < -0.4 is 5.73 Å². The van der Waals surface area contributed by atoms with Crippen LogP contribution in [0.15, 0.2) is 0 Å². The fourth-order valence-electron chi connectivity index (χ4n) is 1.54. The van der Waals surface area contributed by atoms with Gasteiger partial charge >= 0.3 is 0 Å². The van der Waals surface area contributed by atoms with Crippen molar-refractivity contribution in [1.82, 2.24) is 9.78 Å². The van der Waals surface area contributed by atoms with Gasteiger partial charge < -0.3 is 10.5 Å². The number of carbonyl (C=O) groups excluding carboxylic acids is 1. The minimum absolute atomic E-state index is 0.311. The van der Waals surface area contributed by atoms with Crippen LogP contribution in [-0.4, -0.2) is 22.8 Å². The Labute approximate surface area is 82.8 Å². The van der Waals surface area contributed by atoms with E-state index in [2.05, 4.69) is 5.10 Å². The van der Waals surface area contributed by atoms with Gasteiger partial charge in [0.2, 0.25) is 0 Å². The minimum atomic E-state index is -0.507. The number of nitrogens with zero attached hydrogens (tertiary/aromatic N) is 2. The predicted octanol–water partition coefficient (Wildman–Crippen LogP) is 0.228. The second-order valence-electron chi connectivity index (χ2n) is 3.05. The molecule has 0 fully saturated rings. The fourth-order valence-corrected chi connectivity index (χ4v) is 1.54. The maximum Gasteiger partial charge on any atom is 0.269 e. The first kappa shape index (κ1) is 10.7. The first-order chi connectivity index (χ1) is 6.61. The van der Waals surface area contributed by atoms with Gasteiger partial charge in [0, 0.05) is 25.4 Å². The third-order valence-electron chi connectivity index (χ3n) is 2.13. The quantitative estimate of drug-likeness (QED) is 0.751. The number of hydrogen-bond acceptors (Lipinski definition) is 3. The maximum atomic E-state index is 11.1. The molecule has 1 rings (SSSR count). The van der Waals surface area contributed by atoms with E-state index < -0.39 is 5.91 Å². The van der Waals surface area contributed by atoms with Gasteiger partial charge in [-0.15, -0.1) is 0 Å². The highest BCUT2D eigenvalue weighted by Gasteiger charge is 2.18. The molecule has 0 aliphatic carbocycles. The van der Waals surface area contributed by atoms with E-state index in [0.717, 1.165) is 17.7 Å². The molecule has 0 radical (unpaired) electrons. The molecule has 0 saturated heterocycles. The number of amides is 1. The smallest absolute Gasteiger partial charge is 0.269 e. The van der Waals surface area contributed by atoms with Crippen LogP contribution in [0.1, 0.15) is 28.7 Å². The molecular formula is C9H15N3O2. The zero-order valence-corrected chi connectivity index (χ0v) is 8.70. The molecule has 5 nitrogen and oxygen atoms in total. The number of aryl methyl sites for hydroxylation is 1. The Kier molecular flexibility index (Phi) is 3.24. The van der Waals surface area contributed by atoms with E-state index in [1.807, 2.05) is 6.92 Å². The van der Waals surface area contributed by atoms with E-state index in [-0.39, 0.29) is 0 Å². The largest absolute Gasteiger partial charge is 0.380 e. The summed E-state index contributed by atoms with van der Waals surface area (Å²) in [4.78, 5) is 11.1. The van der Waals surface area contributed by atoms with Crippen LogP contribution in [-0.2, 0) is 24.8 Å². The van der Waals surface area contributed by atoms with E-state index in [9.17, 15) is 4.79 Å². The Hall–Kier alpha value is -1.36. The molecule has 0 aromatic carbocycles. The fraction of sp³-hybridized carbons (Fsp3) is 0.556. The molecule has 5 heteroatoms. The second kappa shape index (κ2) is 4.23. The van der Waals surface area contributed by atoms with Crippen LogP contribution in [0.3, 0.4) is 0 Å². The lowest BCUT2D eigenvalue weighted by Gasteiger charge is -2.02.